The molecule has 0 saturated carbocycles. The molecule has 0 aliphatic rings. The van der Waals surface area contributed by atoms with Crippen LogP contribution in [0.15, 0.2) is 29.1 Å². The summed E-state index contributed by atoms with van der Waals surface area (Å²) in [6, 6.07) is 4.06. The molecule has 0 aliphatic heterocycles. The van der Waals surface area contributed by atoms with E-state index in [0.29, 0.717) is 11.6 Å². The highest BCUT2D eigenvalue weighted by atomic mass is 35.5. The number of aliphatic hydroxyl groups is 1. The van der Waals surface area contributed by atoms with Crippen molar-refractivity contribution >= 4 is 11.6 Å². The van der Waals surface area contributed by atoms with Gasteiger partial charge >= 0.3 is 12.2 Å². The Morgan fingerprint density at radius 3 is 2.52 bits per heavy atom. The highest BCUT2D eigenvalue weighted by Gasteiger charge is 2.34. The molecular formula is C14H12ClF3N2O3. The summed E-state index contributed by atoms with van der Waals surface area (Å²) < 4.78 is 43.8. The van der Waals surface area contributed by atoms with Gasteiger partial charge in [-0.15, -0.1) is 0 Å². The summed E-state index contributed by atoms with van der Waals surface area (Å²) in [4.78, 5) is 15.4. The van der Waals surface area contributed by atoms with Crippen molar-refractivity contribution in [1.29, 1.82) is 0 Å². The van der Waals surface area contributed by atoms with Crippen LogP contribution in [-0.2, 0) is 6.18 Å². The molecule has 1 aromatic carbocycles. The summed E-state index contributed by atoms with van der Waals surface area (Å²) in [6.07, 6.45) is -5.69. The molecule has 2 rings (SSSR count). The lowest BCUT2D eigenvalue weighted by molar-refractivity contribution is -0.141. The van der Waals surface area contributed by atoms with Crippen molar-refractivity contribution < 1.29 is 23.0 Å². The average molecular weight is 349 g/mol. The van der Waals surface area contributed by atoms with Gasteiger partial charge in [0.15, 0.2) is 5.69 Å². The van der Waals surface area contributed by atoms with Gasteiger partial charge in [-0.2, -0.15) is 18.2 Å². The average Bonchev–Trinajstić information content (AvgIpc) is 2.46. The molecule has 1 aromatic heterocycles. The fourth-order valence-electron chi connectivity index (χ4n) is 1.97. The highest BCUT2D eigenvalue weighted by Crippen LogP contribution is 2.29. The van der Waals surface area contributed by atoms with E-state index in [-0.39, 0.29) is 10.7 Å². The zero-order valence-corrected chi connectivity index (χ0v) is 12.8. The zero-order valence-electron chi connectivity index (χ0n) is 12.1. The predicted octanol–water partition coefficient (Wildman–Crippen LogP) is 2.97. The van der Waals surface area contributed by atoms with Gasteiger partial charge in [0, 0.05) is 16.7 Å². The highest BCUT2D eigenvalue weighted by molar-refractivity contribution is 6.31. The van der Waals surface area contributed by atoms with Crippen LogP contribution in [0.3, 0.4) is 0 Å². The maximum Gasteiger partial charge on any atom is 0.433 e. The van der Waals surface area contributed by atoms with E-state index in [1.54, 1.807) is 0 Å². The summed E-state index contributed by atoms with van der Waals surface area (Å²) in [7, 11) is 1.10. The smallest absolute Gasteiger partial charge is 0.433 e. The summed E-state index contributed by atoms with van der Waals surface area (Å²) in [6.45, 7) is 1.47. The van der Waals surface area contributed by atoms with E-state index in [2.05, 4.69) is 4.98 Å². The van der Waals surface area contributed by atoms with Gasteiger partial charge in [-0.05, 0) is 25.1 Å². The molecule has 0 saturated heterocycles. The number of methoxy groups -OCH3 is 1. The maximum absolute atomic E-state index is 12.7. The Hall–Kier alpha value is -2.06. The zero-order chi connectivity index (χ0) is 17.4. The van der Waals surface area contributed by atoms with E-state index in [4.69, 9.17) is 16.3 Å². The minimum atomic E-state index is -4.77. The molecule has 0 radical (unpaired) electrons. The number of aliphatic hydroxyl groups excluding tert-OH is 1. The maximum atomic E-state index is 12.7. The number of benzene rings is 1. The van der Waals surface area contributed by atoms with Crippen LogP contribution in [0.25, 0.3) is 5.69 Å². The fraction of sp³-hybridized carbons (Fsp3) is 0.286. The van der Waals surface area contributed by atoms with E-state index >= 15 is 0 Å². The molecule has 9 heteroatoms. The van der Waals surface area contributed by atoms with E-state index in [9.17, 15) is 23.1 Å². The predicted molar refractivity (Wildman–Crippen MR) is 77.0 cm³/mol. The topological polar surface area (TPSA) is 64.3 Å². The first-order valence-electron chi connectivity index (χ1n) is 6.38. The number of rotatable bonds is 3. The van der Waals surface area contributed by atoms with Crippen molar-refractivity contribution in [3.8, 4) is 11.7 Å². The van der Waals surface area contributed by atoms with Gasteiger partial charge in [0.2, 0.25) is 0 Å². The van der Waals surface area contributed by atoms with Crippen molar-refractivity contribution in [2.24, 2.45) is 0 Å². The van der Waals surface area contributed by atoms with Crippen LogP contribution in [0.5, 0.6) is 6.01 Å². The van der Waals surface area contributed by atoms with E-state index < -0.39 is 29.5 Å². The molecule has 124 valence electrons. The van der Waals surface area contributed by atoms with Crippen LogP contribution in [0.1, 0.15) is 24.3 Å². The number of hydrogen-bond donors (Lipinski definition) is 1. The number of nitrogens with zero attached hydrogens (tertiary/aromatic N) is 2. The lowest BCUT2D eigenvalue weighted by Crippen LogP contribution is -2.24. The third kappa shape index (κ3) is 3.48. The van der Waals surface area contributed by atoms with Crippen LogP contribution in [0.4, 0.5) is 13.2 Å². The molecule has 0 fully saturated rings. The molecule has 0 aliphatic carbocycles. The summed E-state index contributed by atoms with van der Waals surface area (Å²) >= 11 is 5.93. The Labute approximate surface area is 133 Å². The van der Waals surface area contributed by atoms with Crippen molar-refractivity contribution in [3.05, 3.63) is 50.9 Å². The van der Waals surface area contributed by atoms with Crippen LogP contribution in [0, 0.1) is 0 Å². The van der Waals surface area contributed by atoms with Crippen molar-refractivity contribution in [2.45, 2.75) is 19.2 Å². The van der Waals surface area contributed by atoms with Crippen LogP contribution in [0.2, 0.25) is 5.02 Å². The minimum Gasteiger partial charge on any atom is -0.468 e. The number of ether oxygens (including phenoxy) is 1. The molecule has 0 bridgehead atoms. The summed E-state index contributed by atoms with van der Waals surface area (Å²) in [5.41, 5.74) is -1.82. The van der Waals surface area contributed by atoms with E-state index in [1.165, 1.54) is 25.1 Å². The van der Waals surface area contributed by atoms with Gasteiger partial charge in [0.1, 0.15) is 0 Å². The van der Waals surface area contributed by atoms with Gasteiger partial charge < -0.3 is 9.84 Å². The number of halogens is 4. The molecule has 5 nitrogen and oxygen atoms in total. The Bertz CT molecular complexity index is 788. The van der Waals surface area contributed by atoms with Crippen LogP contribution in [-0.4, -0.2) is 21.8 Å². The Kier molecular flexibility index (Phi) is 4.67. The van der Waals surface area contributed by atoms with E-state index in [1.807, 2.05) is 0 Å². The molecular weight excluding hydrogens is 337 g/mol. The van der Waals surface area contributed by atoms with Crippen molar-refractivity contribution in [2.75, 3.05) is 7.11 Å². The van der Waals surface area contributed by atoms with Gasteiger partial charge in [0.05, 0.1) is 18.9 Å². The minimum absolute atomic E-state index is 0.174. The first kappa shape index (κ1) is 17.3. The molecule has 23 heavy (non-hydrogen) atoms. The quantitative estimate of drug-likeness (QED) is 0.926. The van der Waals surface area contributed by atoms with E-state index in [0.717, 1.165) is 11.7 Å². The molecule has 1 atom stereocenters. The molecule has 1 unspecified atom stereocenters. The van der Waals surface area contributed by atoms with Crippen molar-refractivity contribution in [3.63, 3.8) is 0 Å². The summed E-state index contributed by atoms with van der Waals surface area (Å²) in [5.74, 6) is 0. The Balaban J connectivity index is 2.69. The Morgan fingerprint density at radius 1 is 1.35 bits per heavy atom. The third-order valence-electron chi connectivity index (χ3n) is 3.05. The SMILES string of the molecule is COc1nc(C(F)(F)F)cc(=O)n1-c1ccc(Cl)c(C(C)O)c1. The lowest BCUT2D eigenvalue weighted by atomic mass is 10.1. The molecule has 0 spiro atoms. The van der Waals surface area contributed by atoms with Gasteiger partial charge in [-0.25, -0.2) is 4.57 Å². The van der Waals surface area contributed by atoms with Crippen LogP contribution < -0.4 is 10.3 Å². The lowest BCUT2D eigenvalue weighted by Gasteiger charge is -2.15. The van der Waals surface area contributed by atoms with Gasteiger partial charge in [-0.3, -0.25) is 4.79 Å². The first-order valence-corrected chi connectivity index (χ1v) is 6.76. The molecule has 2 aromatic rings. The number of hydrogen-bond acceptors (Lipinski definition) is 4. The standard InChI is InChI=1S/C14H12ClF3N2O3/c1-7(21)9-5-8(3-4-10(9)15)20-12(22)6-11(14(16,17)18)19-13(20)23-2/h3-7,21H,1-2H3. The Morgan fingerprint density at radius 2 is 2.00 bits per heavy atom. The molecule has 1 N–H and O–H groups in total. The molecule has 1 heterocycles. The van der Waals surface area contributed by atoms with Gasteiger partial charge in [0.25, 0.3) is 5.56 Å². The largest absolute Gasteiger partial charge is 0.468 e. The normalized spacial score (nSPS) is 13.0. The molecule has 0 amide bonds. The number of aromatic nitrogens is 2. The second-order valence-corrected chi connectivity index (χ2v) is 5.09. The van der Waals surface area contributed by atoms with Gasteiger partial charge in [-0.1, -0.05) is 11.6 Å². The fourth-order valence-corrected chi connectivity index (χ4v) is 2.25. The second-order valence-electron chi connectivity index (χ2n) is 4.68. The summed E-state index contributed by atoms with van der Waals surface area (Å²) in [5, 5.41) is 9.91. The third-order valence-corrected chi connectivity index (χ3v) is 3.39. The first-order chi connectivity index (χ1) is 10.6. The second kappa shape index (κ2) is 6.21. The monoisotopic (exact) mass is 348 g/mol. The van der Waals surface area contributed by atoms with Crippen LogP contribution >= 0.6 is 11.6 Å². The van der Waals surface area contributed by atoms with Crippen molar-refractivity contribution in [1.82, 2.24) is 9.55 Å². The number of alkyl halides is 3.